The maximum absolute atomic E-state index is 12.7. The summed E-state index contributed by atoms with van der Waals surface area (Å²) in [6, 6.07) is 12.5. The summed E-state index contributed by atoms with van der Waals surface area (Å²) in [7, 11) is -1.79. The number of rotatable bonds is 4. The number of anilines is 2. The van der Waals surface area contributed by atoms with Gasteiger partial charge >= 0.3 is 0 Å². The molecule has 1 N–H and O–H groups in total. The topological polar surface area (TPSA) is 75.7 Å². The van der Waals surface area contributed by atoms with Crippen LogP contribution in [0.3, 0.4) is 0 Å². The number of nitrogens with zero attached hydrogens (tertiary/aromatic N) is 1. The Hall–Kier alpha value is -2.54. The second-order valence-electron chi connectivity index (χ2n) is 7.91. The first kappa shape index (κ1) is 20.2. The number of carbonyl (C=O) groups excluding carboxylic acids is 1. The van der Waals surface area contributed by atoms with Gasteiger partial charge in [0.25, 0.3) is 5.91 Å². The highest BCUT2D eigenvalue weighted by Gasteiger charge is 2.29. The van der Waals surface area contributed by atoms with E-state index in [4.69, 9.17) is 4.74 Å². The van der Waals surface area contributed by atoms with Gasteiger partial charge in [0.15, 0.2) is 0 Å². The maximum Gasteiger partial charge on any atom is 0.255 e. The predicted octanol–water partition coefficient (Wildman–Crippen LogP) is 3.78. The number of hydrogen-bond donors (Lipinski definition) is 1. The van der Waals surface area contributed by atoms with Crippen molar-refractivity contribution in [2.24, 2.45) is 0 Å². The van der Waals surface area contributed by atoms with Crippen LogP contribution < -0.4 is 14.4 Å². The van der Waals surface area contributed by atoms with Gasteiger partial charge in [-0.2, -0.15) is 0 Å². The van der Waals surface area contributed by atoms with Crippen molar-refractivity contribution in [3.8, 4) is 5.75 Å². The fraction of sp³-hybridized carbons (Fsp3) is 0.381. The third kappa shape index (κ3) is 4.14. The lowest BCUT2D eigenvalue weighted by Crippen LogP contribution is -2.25. The molecule has 0 radical (unpaired) electrons. The third-order valence-electron chi connectivity index (χ3n) is 4.83. The van der Waals surface area contributed by atoms with Gasteiger partial charge in [-0.3, -0.25) is 9.10 Å². The minimum absolute atomic E-state index is 0.00772. The smallest absolute Gasteiger partial charge is 0.255 e. The molecule has 150 valence electrons. The highest BCUT2D eigenvalue weighted by molar-refractivity contribution is 7.93. The largest absolute Gasteiger partial charge is 0.495 e. The van der Waals surface area contributed by atoms with Crippen molar-refractivity contribution in [2.75, 3.05) is 29.0 Å². The third-order valence-corrected chi connectivity index (χ3v) is 6.70. The Morgan fingerprint density at radius 3 is 2.32 bits per heavy atom. The molecule has 28 heavy (non-hydrogen) atoms. The molecule has 0 saturated carbocycles. The van der Waals surface area contributed by atoms with Crippen molar-refractivity contribution in [3.05, 3.63) is 53.6 Å². The quantitative estimate of drug-likeness (QED) is 0.844. The monoisotopic (exact) mass is 402 g/mol. The lowest BCUT2D eigenvalue weighted by molar-refractivity contribution is 0.102. The Morgan fingerprint density at radius 2 is 1.79 bits per heavy atom. The van der Waals surface area contributed by atoms with Gasteiger partial charge in [-0.05, 0) is 47.7 Å². The van der Waals surface area contributed by atoms with Crippen molar-refractivity contribution >= 4 is 27.3 Å². The van der Waals surface area contributed by atoms with Gasteiger partial charge in [-0.15, -0.1) is 0 Å². The number of ether oxygens (including phenoxy) is 1. The second-order valence-corrected chi connectivity index (χ2v) is 9.92. The predicted molar refractivity (Wildman–Crippen MR) is 112 cm³/mol. The molecule has 0 atom stereocenters. The van der Waals surface area contributed by atoms with E-state index in [0.717, 1.165) is 5.56 Å². The number of methoxy groups -OCH3 is 1. The molecule has 2 aromatic carbocycles. The second kappa shape index (κ2) is 7.47. The van der Waals surface area contributed by atoms with E-state index in [1.54, 1.807) is 30.3 Å². The zero-order valence-corrected chi connectivity index (χ0v) is 17.5. The Bertz CT molecular complexity index is 976. The lowest BCUT2D eigenvalue weighted by Gasteiger charge is -2.20. The minimum Gasteiger partial charge on any atom is -0.495 e. The molecule has 1 fully saturated rings. The molecule has 0 aliphatic carbocycles. The van der Waals surface area contributed by atoms with Crippen LogP contribution in [0.1, 0.15) is 43.1 Å². The van der Waals surface area contributed by atoms with Gasteiger partial charge in [0, 0.05) is 12.1 Å². The SMILES string of the molecule is COc1ccc(N2CCCS2(=O)=O)cc1NC(=O)c1ccc(C(C)(C)C)cc1. The molecule has 1 saturated heterocycles. The average Bonchev–Trinajstić information content (AvgIpc) is 3.00. The minimum atomic E-state index is -3.30. The molecule has 1 aliphatic heterocycles. The molecule has 0 aromatic heterocycles. The van der Waals surface area contributed by atoms with Crippen LogP contribution in [-0.2, 0) is 15.4 Å². The van der Waals surface area contributed by atoms with E-state index in [2.05, 4.69) is 26.1 Å². The van der Waals surface area contributed by atoms with E-state index in [9.17, 15) is 13.2 Å². The number of amides is 1. The Labute approximate surface area is 166 Å². The van der Waals surface area contributed by atoms with Crippen LogP contribution in [0, 0.1) is 0 Å². The summed E-state index contributed by atoms with van der Waals surface area (Å²) in [4.78, 5) is 12.7. The number of hydrogen-bond acceptors (Lipinski definition) is 4. The van der Waals surface area contributed by atoms with Gasteiger partial charge in [0.05, 0.1) is 24.2 Å². The Morgan fingerprint density at radius 1 is 1.11 bits per heavy atom. The van der Waals surface area contributed by atoms with Gasteiger partial charge in [0.2, 0.25) is 10.0 Å². The fourth-order valence-corrected chi connectivity index (χ4v) is 4.75. The zero-order chi connectivity index (χ0) is 20.5. The number of benzene rings is 2. The van der Waals surface area contributed by atoms with Gasteiger partial charge in [-0.1, -0.05) is 32.9 Å². The summed E-state index contributed by atoms with van der Waals surface area (Å²) in [5.74, 6) is 0.334. The molecule has 0 spiro atoms. The molecule has 1 heterocycles. The molecule has 1 aliphatic rings. The first-order valence-electron chi connectivity index (χ1n) is 9.22. The molecule has 0 bridgehead atoms. The van der Waals surface area contributed by atoms with Crippen LogP contribution in [0.2, 0.25) is 0 Å². The van der Waals surface area contributed by atoms with Crippen LogP contribution in [0.15, 0.2) is 42.5 Å². The number of nitrogens with one attached hydrogen (secondary N) is 1. The Balaban J connectivity index is 1.86. The summed E-state index contributed by atoms with van der Waals surface area (Å²) >= 11 is 0. The van der Waals surface area contributed by atoms with Crippen LogP contribution in [0.4, 0.5) is 11.4 Å². The van der Waals surface area contributed by atoms with Crippen LogP contribution in [0.5, 0.6) is 5.75 Å². The maximum atomic E-state index is 12.7. The summed E-state index contributed by atoms with van der Waals surface area (Å²) in [5.41, 5.74) is 2.63. The lowest BCUT2D eigenvalue weighted by atomic mass is 9.87. The van der Waals surface area contributed by atoms with Gasteiger partial charge in [-0.25, -0.2) is 8.42 Å². The van der Waals surface area contributed by atoms with Gasteiger partial charge in [0.1, 0.15) is 5.75 Å². The summed E-state index contributed by atoms with van der Waals surface area (Å²) < 4.78 is 31.1. The van der Waals surface area contributed by atoms with E-state index in [1.807, 2.05) is 12.1 Å². The normalized spacial score (nSPS) is 16.1. The van der Waals surface area contributed by atoms with Crippen molar-refractivity contribution in [3.63, 3.8) is 0 Å². The molecule has 0 unspecified atom stereocenters. The highest BCUT2D eigenvalue weighted by Crippen LogP contribution is 2.33. The van der Waals surface area contributed by atoms with Crippen LogP contribution in [0.25, 0.3) is 0 Å². The van der Waals surface area contributed by atoms with E-state index < -0.39 is 10.0 Å². The first-order valence-corrected chi connectivity index (χ1v) is 10.8. The standard InChI is InChI=1S/C21H26N2O4S/c1-21(2,3)16-8-6-15(7-9-16)20(24)22-18-14-17(10-11-19(18)27-4)23-12-5-13-28(23,25)26/h6-11,14H,5,12-13H2,1-4H3,(H,22,24). The summed E-state index contributed by atoms with van der Waals surface area (Å²) in [6.07, 6.45) is 0.593. The fourth-order valence-electron chi connectivity index (χ4n) is 3.19. The van der Waals surface area contributed by atoms with E-state index >= 15 is 0 Å². The molecule has 7 heteroatoms. The molecule has 2 aromatic rings. The number of carbonyl (C=O) groups is 1. The van der Waals surface area contributed by atoms with E-state index in [0.29, 0.717) is 35.7 Å². The molecular weight excluding hydrogens is 376 g/mol. The van der Waals surface area contributed by atoms with E-state index in [1.165, 1.54) is 11.4 Å². The summed E-state index contributed by atoms with van der Waals surface area (Å²) in [5, 5.41) is 2.84. The zero-order valence-electron chi connectivity index (χ0n) is 16.7. The van der Waals surface area contributed by atoms with Crippen molar-refractivity contribution in [1.82, 2.24) is 0 Å². The first-order chi connectivity index (χ1) is 13.1. The Kier molecular flexibility index (Phi) is 5.39. The van der Waals surface area contributed by atoms with Crippen LogP contribution >= 0.6 is 0 Å². The number of sulfonamides is 1. The molecular formula is C21H26N2O4S. The average molecular weight is 403 g/mol. The van der Waals surface area contributed by atoms with Crippen molar-refractivity contribution in [2.45, 2.75) is 32.6 Å². The van der Waals surface area contributed by atoms with Crippen molar-refractivity contribution < 1.29 is 17.9 Å². The molecule has 3 rings (SSSR count). The van der Waals surface area contributed by atoms with Crippen LogP contribution in [-0.4, -0.2) is 33.7 Å². The molecule has 1 amide bonds. The summed E-state index contributed by atoms with van der Waals surface area (Å²) in [6.45, 7) is 6.79. The van der Waals surface area contributed by atoms with Gasteiger partial charge < -0.3 is 10.1 Å². The van der Waals surface area contributed by atoms with E-state index in [-0.39, 0.29) is 17.1 Å². The highest BCUT2D eigenvalue weighted by atomic mass is 32.2. The van der Waals surface area contributed by atoms with Crippen molar-refractivity contribution in [1.29, 1.82) is 0 Å². The molecule has 6 nitrogen and oxygen atoms in total.